The standard InChI is InChI=1S/C14H18F3NO/c15-10-5-6-11(13(17)12(10)16)18-9-14(19)7-3-1-2-4-8-14/h5-6,18-19H,1-4,7-9H2. The molecule has 5 heteroatoms. The number of anilines is 1. The molecule has 0 radical (unpaired) electrons. The van der Waals surface area contributed by atoms with E-state index in [1.54, 1.807) is 0 Å². The number of nitrogens with one attached hydrogen (secondary N) is 1. The lowest BCUT2D eigenvalue weighted by Gasteiger charge is -2.27. The largest absolute Gasteiger partial charge is 0.388 e. The van der Waals surface area contributed by atoms with Gasteiger partial charge < -0.3 is 10.4 Å². The Morgan fingerprint density at radius 1 is 1.00 bits per heavy atom. The summed E-state index contributed by atoms with van der Waals surface area (Å²) in [5, 5.41) is 13.1. The predicted molar refractivity (Wildman–Crippen MR) is 67.5 cm³/mol. The monoisotopic (exact) mass is 273 g/mol. The van der Waals surface area contributed by atoms with Crippen molar-refractivity contribution in [3.8, 4) is 0 Å². The summed E-state index contributed by atoms with van der Waals surface area (Å²) >= 11 is 0. The van der Waals surface area contributed by atoms with E-state index in [1.807, 2.05) is 0 Å². The number of aliphatic hydroxyl groups is 1. The molecule has 0 unspecified atom stereocenters. The highest BCUT2D eigenvalue weighted by Gasteiger charge is 2.28. The maximum atomic E-state index is 13.5. The minimum Gasteiger partial charge on any atom is -0.388 e. The zero-order valence-electron chi connectivity index (χ0n) is 10.7. The van der Waals surface area contributed by atoms with Gasteiger partial charge in [0.2, 0.25) is 0 Å². The summed E-state index contributed by atoms with van der Waals surface area (Å²) in [6, 6.07) is 2.02. The molecule has 1 aliphatic rings. The summed E-state index contributed by atoms with van der Waals surface area (Å²) in [5.74, 6) is -3.94. The molecule has 2 nitrogen and oxygen atoms in total. The van der Waals surface area contributed by atoms with Crippen LogP contribution in [0.4, 0.5) is 18.9 Å². The summed E-state index contributed by atoms with van der Waals surface area (Å²) in [4.78, 5) is 0. The number of rotatable bonds is 3. The number of benzene rings is 1. The molecule has 2 N–H and O–H groups in total. The van der Waals surface area contributed by atoms with Crippen LogP contribution >= 0.6 is 0 Å². The number of hydrogen-bond donors (Lipinski definition) is 2. The molecule has 0 aromatic heterocycles. The lowest BCUT2D eigenvalue weighted by Crippen LogP contribution is -2.36. The average molecular weight is 273 g/mol. The molecule has 1 aliphatic carbocycles. The normalized spacial score (nSPS) is 18.9. The van der Waals surface area contributed by atoms with E-state index in [2.05, 4.69) is 5.32 Å². The number of hydrogen-bond acceptors (Lipinski definition) is 2. The first-order valence-corrected chi connectivity index (χ1v) is 6.62. The highest BCUT2D eigenvalue weighted by Crippen LogP contribution is 2.28. The SMILES string of the molecule is OC1(CNc2ccc(F)c(F)c2F)CCCCCC1. The lowest BCUT2D eigenvalue weighted by molar-refractivity contribution is 0.0380. The first kappa shape index (κ1) is 14.2. The van der Waals surface area contributed by atoms with Crippen LogP contribution < -0.4 is 5.32 Å². The van der Waals surface area contributed by atoms with Crippen LogP contribution in [-0.2, 0) is 0 Å². The smallest absolute Gasteiger partial charge is 0.196 e. The van der Waals surface area contributed by atoms with Crippen molar-refractivity contribution >= 4 is 5.69 Å². The van der Waals surface area contributed by atoms with Crippen molar-refractivity contribution in [2.45, 2.75) is 44.1 Å². The van der Waals surface area contributed by atoms with E-state index in [4.69, 9.17) is 0 Å². The summed E-state index contributed by atoms with van der Waals surface area (Å²) in [5.41, 5.74) is -1.01. The lowest BCUT2D eigenvalue weighted by atomic mass is 9.94. The zero-order valence-corrected chi connectivity index (χ0v) is 10.7. The molecule has 0 spiro atoms. The molecular weight excluding hydrogens is 255 g/mol. The molecule has 0 amide bonds. The zero-order chi connectivity index (χ0) is 13.9. The van der Waals surface area contributed by atoms with Gasteiger partial charge in [-0.2, -0.15) is 0 Å². The third kappa shape index (κ3) is 3.41. The van der Waals surface area contributed by atoms with E-state index in [9.17, 15) is 18.3 Å². The van der Waals surface area contributed by atoms with Crippen LogP contribution in [-0.4, -0.2) is 17.3 Å². The van der Waals surface area contributed by atoms with Crippen LogP contribution in [0, 0.1) is 17.5 Å². The van der Waals surface area contributed by atoms with Crippen molar-refractivity contribution in [3.63, 3.8) is 0 Å². The molecule has 1 aromatic carbocycles. The molecule has 1 aromatic rings. The topological polar surface area (TPSA) is 32.3 Å². The minimum atomic E-state index is -1.49. The molecule has 0 saturated heterocycles. The highest BCUT2D eigenvalue weighted by molar-refractivity contribution is 5.45. The van der Waals surface area contributed by atoms with Crippen molar-refractivity contribution in [3.05, 3.63) is 29.6 Å². The fourth-order valence-electron chi connectivity index (χ4n) is 2.49. The second-order valence-electron chi connectivity index (χ2n) is 5.22. The van der Waals surface area contributed by atoms with Crippen LogP contribution in [0.5, 0.6) is 0 Å². The van der Waals surface area contributed by atoms with Crippen molar-refractivity contribution in [2.24, 2.45) is 0 Å². The van der Waals surface area contributed by atoms with Crippen LogP contribution in [0.15, 0.2) is 12.1 Å². The Morgan fingerprint density at radius 3 is 2.26 bits per heavy atom. The van der Waals surface area contributed by atoms with Crippen LogP contribution in [0.1, 0.15) is 38.5 Å². The Balaban J connectivity index is 2.03. The maximum Gasteiger partial charge on any atom is 0.196 e. The van der Waals surface area contributed by atoms with Gasteiger partial charge >= 0.3 is 0 Å². The van der Waals surface area contributed by atoms with Crippen molar-refractivity contribution in [1.29, 1.82) is 0 Å². The molecule has 2 rings (SSSR count). The third-order valence-corrected chi connectivity index (χ3v) is 3.68. The highest BCUT2D eigenvalue weighted by atomic mass is 19.2. The summed E-state index contributed by atoms with van der Waals surface area (Å²) in [6.45, 7) is 0.148. The first-order chi connectivity index (χ1) is 9.02. The second kappa shape index (κ2) is 5.82. The maximum absolute atomic E-state index is 13.5. The Hall–Kier alpha value is -1.23. The molecule has 1 saturated carbocycles. The first-order valence-electron chi connectivity index (χ1n) is 6.62. The molecule has 0 aliphatic heterocycles. The van der Waals surface area contributed by atoms with E-state index in [1.165, 1.54) is 0 Å². The van der Waals surface area contributed by atoms with Gasteiger partial charge in [-0.15, -0.1) is 0 Å². The molecule has 0 atom stereocenters. The van der Waals surface area contributed by atoms with Gasteiger partial charge in [-0.1, -0.05) is 25.7 Å². The van der Waals surface area contributed by atoms with Gasteiger partial charge in [0, 0.05) is 6.54 Å². The Labute approximate surface area is 110 Å². The quantitative estimate of drug-likeness (QED) is 0.651. The summed E-state index contributed by atoms with van der Waals surface area (Å²) in [6.07, 6.45) is 5.32. The summed E-state index contributed by atoms with van der Waals surface area (Å²) in [7, 11) is 0. The van der Waals surface area contributed by atoms with Crippen LogP contribution in [0.3, 0.4) is 0 Å². The molecule has 0 bridgehead atoms. The molecule has 19 heavy (non-hydrogen) atoms. The average Bonchev–Trinajstić information content (AvgIpc) is 2.61. The molecule has 0 heterocycles. The van der Waals surface area contributed by atoms with E-state index in [0.29, 0.717) is 12.8 Å². The molecular formula is C14H18F3NO. The van der Waals surface area contributed by atoms with Gasteiger partial charge in [0.1, 0.15) is 0 Å². The van der Waals surface area contributed by atoms with Gasteiger partial charge in [-0.25, -0.2) is 13.2 Å². The van der Waals surface area contributed by atoms with Crippen molar-refractivity contribution in [2.75, 3.05) is 11.9 Å². The Morgan fingerprint density at radius 2 is 1.63 bits per heavy atom. The number of halogens is 3. The van der Waals surface area contributed by atoms with Crippen molar-refractivity contribution in [1.82, 2.24) is 0 Å². The van der Waals surface area contributed by atoms with Gasteiger partial charge in [0.05, 0.1) is 11.3 Å². The van der Waals surface area contributed by atoms with Crippen LogP contribution in [0.2, 0.25) is 0 Å². The predicted octanol–water partition coefficient (Wildman–Crippen LogP) is 3.60. The fraction of sp³-hybridized carbons (Fsp3) is 0.571. The molecule has 1 fully saturated rings. The van der Waals surface area contributed by atoms with Gasteiger partial charge in [-0.05, 0) is 25.0 Å². The van der Waals surface area contributed by atoms with Crippen LogP contribution in [0.25, 0.3) is 0 Å². The summed E-state index contributed by atoms with van der Waals surface area (Å²) < 4.78 is 39.3. The van der Waals surface area contributed by atoms with Gasteiger partial charge in [0.15, 0.2) is 17.5 Å². The van der Waals surface area contributed by atoms with E-state index < -0.39 is 23.1 Å². The Kier molecular flexibility index (Phi) is 4.34. The Bertz CT molecular complexity index is 443. The van der Waals surface area contributed by atoms with E-state index in [0.717, 1.165) is 37.8 Å². The van der Waals surface area contributed by atoms with E-state index >= 15 is 0 Å². The molecule has 106 valence electrons. The van der Waals surface area contributed by atoms with E-state index in [-0.39, 0.29) is 12.2 Å². The van der Waals surface area contributed by atoms with Gasteiger partial charge in [0.25, 0.3) is 0 Å². The fourth-order valence-corrected chi connectivity index (χ4v) is 2.49. The minimum absolute atomic E-state index is 0.114. The third-order valence-electron chi connectivity index (χ3n) is 3.68. The van der Waals surface area contributed by atoms with Crippen molar-refractivity contribution < 1.29 is 18.3 Å². The van der Waals surface area contributed by atoms with Gasteiger partial charge in [-0.3, -0.25) is 0 Å². The second-order valence-corrected chi connectivity index (χ2v) is 5.22.